The van der Waals surface area contributed by atoms with Gasteiger partial charge in [0.05, 0.1) is 15.6 Å². The summed E-state index contributed by atoms with van der Waals surface area (Å²) in [5.41, 5.74) is 0.146. The van der Waals surface area contributed by atoms with Crippen LogP contribution in [0.2, 0.25) is 5.02 Å². The molecule has 0 heterocycles. The van der Waals surface area contributed by atoms with E-state index in [4.69, 9.17) is 16.3 Å². The Morgan fingerprint density at radius 1 is 1.06 bits per heavy atom. The van der Waals surface area contributed by atoms with E-state index in [9.17, 15) is 22.4 Å². The summed E-state index contributed by atoms with van der Waals surface area (Å²) in [6.07, 6.45) is -1.24. The minimum Gasteiger partial charge on any atom is -0.452 e. The van der Waals surface area contributed by atoms with Crippen molar-refractivity contribution >= 4 is 50.0 Å². The van der Waals surface area contributed by atoms with Crippen molar-refractivity contribution in [2.24, 2.45) is 0 Å². The molecule has 2 N–H and O–H groups in total. The highest BCUT2D eigenvalue weighted by atomic mass is 35.5. The van der Waals surface area contributed by atoms with Gasteiger partial charge in [0.1, 0.15) is 12.4 Å². The number of ether oxygens (including phenoxy) is 1. The highest BCUT2D eigenvalue weighted by Crippen LogP contribution is 2.22. The number of esters is 1. The zero-order chi connectivity index (χ0) is 22.6. The second-order valence-corrected chi connectivity index (χ2v) is 8.75. The van der Waals surface area contributed by atoms with E-state index in [1.165, 1.54) is 25.1 Å². The summed E-state index contributed by atoms with van der Waals surface area (Å²) in [5, 5.41) is 4.00. The van der Waals surface area contributed by atoms with Crippen molar-refractivity contribution in [3.05, 3.63) is 71.5 Å². The summed E-state index contributed by atoms with van der Waals surface area (Å²) in [7, 11) is -3.97. The van der Waals surface area contributed by atoms with Crippen LogP contribution in [0.15, 0.2) is 65.6 Å². The van der Waals surface area contributed by atoms with Crippen LogP contribution < -0.4 is 10.0 Å². The lowest BCUT2D eigenvalue weighted by molar-refractivity contribution is -0.151. The van der Waals surface area contributed by atoms with Crippen LogP contribution in [0.5, 0.6) is 0 Å². The van der Waals surface area contributed by atoms with Gasteiger partial charge in [-0.2, -0.15) is 4.72 Å². The van der Waals surface area contributed by atoms with Crippen molar-refractivity contribution < 1.29 is 27.1 Å². The van der Waals surface area contributed by atoms with Crippen molar-refractivity contribution in [3.63, 3.8) is 0 Å². The van der Waals surface area contributed by atoms with E-state index >= 15 is 0 Å². The Balaban J connectivity index is 1.57. The first-order valence-electron chi connectivity index (χ1n) is 9.09. The van der Waals surface area contributed by atoms with Gasteiger partial charge in [-0.15, -0.1) is 0 Å². The molecule has 0 saturated carbocycles. The van der Waals surface area contributed by atoms with Crippen molar-refractivity contribution in [2.45, 2.75) is 17.9 Å². The lowest BCUT2D eigenvalue weighted by Gasteiger charge is -2.14. The lowest BCUT2D eigenvalue weighted by Crippen LogP contribution is -2.35. The fourth-order valence-electron chi connectivity index (χ4n) is 2.69. The standard InChI is InChI=1S/C21H18ClFN2O5S/c1-13(21(27)25-19-9-7-16(23)11-18(19)22)30-20(26)12-24-31(28,29)17-8-6-14-4-2-3-5-15(14)10-17/h2-11,13,24H,12H2,1H3,(H,25,27). The van der Waals surface area contributed by atoms with E-state index in [1.807, 2.05) is 12.1 Å². The van der Waals surface area contributed by atoms with Gasteiger partial charge < -0.3 is 10.1 Å². The van der Waals surface area contributed by atoms with Gasteiger partial charge in [0, 0.05) is 0 Å². The Bertz CT molecular complexity index is 1250. The molecule has 0 fully saturated rings. The molecule has 31 heavy (non-hydrogen) atoms. The number of rotatable bonds is 7. The molecule has 1 amide bonds. The summed E-state index contributed by atoms with van der Waals surface area (Å²) >= 11 is 5.84. The molecule has 0 radical (unpaired) electrons. The molecule has 0 aromatic heterocycles. The summed E-state index contributed by atoms with van der Waals surface area (Å²) < 4.78 is 45.1. The first-order valence-corrected chi connectivity index (χ1v) is 11.0. The Labute approximate surface area is 183 Å². The Kier molecular flexibility index (Phi) is 6.89. The normalized spacial score (nSPS) is 12.4. The molecule has 0 bridgehead atoms. The molecule has 0 aliphatic heterocycles. The average molecular weight is 465 g/mol. The van der Waals surface area contributed by atoms with E-state index < -0.39 is 40.4 Å². The van der Waals surface area contributed by atoms with Crippen LogP contribution in [0.4, 0.5) is 10.1 Å². The molecule has 10 heteroatoms. The van der Waals surface area contributed by atoms with Gasteiger partial charge in [-0.3, -0.25) is 9.59 Å². The molecule has 0 aliphatic carbocycles. The van der Waals surface area contributed by atoms with Gasteiger partial charge in [-0.1, -0.05) is 41.9 Å². The molecule has 7 nitrogen and oxygen atoms in total. The number of carbonyl (C=O) groups excluding carboxylic acids is 2. The number of halogens is 2. The van der Waals surface area contributed by atoms with Gasteiger partial charge in [0.15, 0.2) is 6.10 Å². The van der Waals surface area contributed by atoms with Crippen LogP contribution in [-0.2, 0) is 24.3 Å². The average Bonchev–Trinajstić information content (AvgIpc) is 2.74. The largest absolute Gasteiger partial charge is 0.452 e. The molecular formula is C21H18ClFN2O5S. The van der Waals surface area contributed by atoms with Gasteiger partial charge in [0.2, 0.25) is 10.0 Å². The van der Waals surface area contributed by atoms with E-state index in [0.717, 1.165) is 22.9 Å². The van der Waals surface area contributed by atoms with E-state index in [0.29, 0.717) is 0 Å². The van der Waals surface area contributed by atoms with Gasteiger partial charge in [0.25, 0.3) is 5.91 Å². The highest BCUT2D eigenvalue weighted by molar-refractivity contribution is 7.89. The predicted molar refractivity (Wildman–Crippen MR) is 115 cm³/mol. The third-order valence-electron chi connectivity index (χ3n) is 4.30. The van der Waals surface area contributed by atoms with Crippen LogP contribution in [0.1, 0.15) is 6.92 Å². The van der Waals surface area contributed by atoms with Crippen LogP contribution in [0.25, 0.3) is 10.8 Å². The summed E-state index contributed by atoms with van der Waals surface area (Å²) in [6.45, 7) is 0.645. The molecule has 3 rings (SSSR count). The Morgan fingerprint density at radius 3 is 2.48 bits per heavy atom. The molecule has 0 aliphatic rings. The predicted octanol–water partition coefficient (Wildman–Crippen LogP) is 3.48. The molecular weight excluding hydrogens is 447 g/mol. The molecule has 3 aromatic rings. The van der Waals surface area contributed by atoms with Gasteiger partial charge in [-0.05, 0) is 48.0 Å². The molecule has 162 valence electrons. The van der Waals surface area contributed by atoms with Gasteiger partial charge >= 0.3 is 5.97 Å². The monoisotopic (exact) mass is 464 g/mol. The van der Waals surface area contributed by atoms with Crippen molar-refractivity contribution in [3.8, 4) is 0 Å². The fourth-order valence-corrected chi connectivity index (χ4v) is 3.91. The van der Waals surface area contributed by atoms with Gasteiger partial charge in [-0.25, -0.2) is 12.8 Å². The number of fused-ring (bicyclic) bond motifs is 1. The number of hydrogen-bond acceptors (Lipinski definition) is 5. The number of nitrogens with one attached hydrogen (secondary N) is 2. The van der Waals surface area contributed by atoms with Crippen LogP contribution in [-0.4, -0.2) is 32.9 Å². The van der Waals surface area contributed by atoms with Crippen LogP contribution >= 0.6 is 11.6 Å². The number of benzene rings is 3. The van der Waals surface area contributed by atoms with Crippen molar-refractivity contribution in [1.82, 2.24) is 4.72 Å². The minimum atomic E-state index is -3.97. The third-order valence-corrected chi connectivity index (χ3v) is 6.02. The fraction of sp³-hybridized carbons (Fsp3) is 0.143. The molecule has 1 atom stereocenters. The zero-order valence-corrected chi connectivity index (χ0v) is 17.8. The number of amides is 1. The molecule has 0 spiro atoms. The Morgan fingerprint density at radius 2 is 1.77 bits per heavy atom. The highest BCUT2D eigenvalue weighted by Gasteiger charge is 2.21. The van der Waals surface area contributed by atoms with E-state index in [-0.39, 0.29) is 15.6 Å². The first-order chi connectivity index (χ1) is 14.7. The molecule has 0 saturated heterocycles. The maximum Gasteiger partial charge on any atom is 0.321 e. The molecule has 1 unspecified atom stereocenters. The third kappa shape index (κ3) is 5.78. The Hall–Kier alpha value is -3.01. The maximum absolute atomic E-state index is 13.1. The first kappa shape index (κ1) is 22.7. The topological polar surface area (TPSA) is 102 Å². The zero-order valence-electron chi connectivity index (χ0n) is 16.3. The lowest BCUT2D eigenvalue weighted by atomic mass is 10.1. The summed E-state index contributed by atoms with van der Waals surface area (Å²) in [6, 6.07) is 15.2. The SMILES string of the molecule is CC(OC(=O)CNS(=O)(=O)c1ccc2ccccc2c1)C(=O)Nc1ccc(F)cc1Cl. The second-order valence-electron chi connectivity index (χ2n) is 6.58. The smallest absolute Gasteiger partial charge is 0.321 e. The van der Waals surface area contributed by atoms with Crippen molar-refractivity contribution in [1.29, 1.82) is 0 Å². The van der Waals surface area contributed by atoms with Crippen molar-refractivity contribution in [2.75, 3.05) is 11.9 Å². The molecule has 3 aromatic carbocycles. The number of anilines is 1. The maximum atomic E-state index is 13.1. The number of carbonyl (C=O) groups is 2. The van der Waals surface area contributed by atoms with Crippen LogP contribution in [0.3, 0.4) is 0 Å². The number of sulfonamides is 1. The number of hydrogen-bond donors (Lipinski definition) is 2. The minimum absolute atomic E-state index is 0.00394. The summed E-state index contributed by atoms with van der Waals surface area (Å²) in [4.78, 5) is 24.2. The quantitative estimate of drug-likeness (QED) is 0.521. The van der Waals surface area contributed by atoms with Crippen LogP contribution in [0, 0.1) is 5.82 Å². The van der Waals surface area contributed by atoms with E-state index in [1.54, 1.807) is 18.2 Å². The van der Waals surface area contributed by atoms with E-state index in [2.05, 4.69) is 10.0 Å². The second kappa shape index (κ2) is 9.42. The summed E-state index contributed by atoms with van der Waals surface area (Å²) in [5.74, 6) is -2.22.